The number of anilines is 1. The summed E-state index contributed by atoms with van der Waals surface area (Å²) in [4.78, 5) is 0. The van der Waals surface area contributed by atoms with Gasteiger partial charge in [-0.15, -0.1) is 0 Å². The average Bonchev–Trinajstić information content (AvgIpc) is 2.29. The van der Waals surface area contributed by atoms with E-state index in [-0.39, 0.29) is 18.4 Å². The average molecular weight is 302 g/mol. The summed E-state index contributed by atoms with van der Waals surface area (Å²) in [5.74, 6) is 0.438. The Labute approximate surface area is 120 Å². The molecular weight excluding hydrogens is 280 g/mol. The van der Waals surface area contributed by atoms with Crippen molar-refractivity contribution in [2.24, 2.45) is 0 Å². The molecule has 0 aliphatic rings. The lowest BCUT2D eigenvalue weighted by molar-refractivity contribution is 0.175. The number of nitrogen functional groups attached to an aromatic ring is 1. The summed E-state index contributed by atoms with van der Waals surface area (Å²) in [6.07, 6.45) is -0.170. The maximum absolute atomic E-state index is 11.8. The predicted octanol–water partition coefficient (Wildman–Crippen LogP) is 0.726. The smallest absolute Gasteiger partial charge is 0.215 e. The van der Waals surface area contributed by atoms with E-state index in [0.29, 0.717) is 17.9 Å². The molecule has 0 radical (unpaired) electrons. The Balaban J connectivity index is 2.38. The van der Waals surface area contributed by atoms with Crippen LogP contribution in [0.1, 0.15) is 20.3 Å². The largest absolute Gasteiger partial charge is 0.492 e. The lowest BCUT2D eigenvalue weighted by Gasteiger charge is -2.15. The van der Waals surface area contributed by atoms with Gasteiger partial charge in [-0.1, -0.05) is 0 Å². The minimum Gasteiger partial charge on any atom is -0.492 e. The van der Waals surface area contributed by atoms with Crippen LogP contribution in [0, 0.1) is 0 Å². The van der Waals surface area contributed by atoms with Gasteiger partial charge in [-0.25, -0.2) is 13.1 Å². The Bertz CT molecular complexity index is 500. The van der Waals surface area contributed by atoms with E-state index >= 15 is 0 Å². The van der Waals surface area contributed by atoms with Gasteiger partial charge in [0.1, 0.15) is 12.4 Å². The van der Waals surface area contributed by atoms with Crippen molar-refractivity contribution in [2.45, 2.75) is 32.4 Å². The van der Waals surface area contributed by atoms with Gasteiger partial charge in [0.25, 0.3) is 0 Å². The molecule has 20 heavy (non-hydrogen) atoms. The standard InChI is InChI=1S/C13H22N2O4S/c1-10(9-11(2)16)15-20(17,18)8-7-19-13-5-3-12(14)4-6-13/h3-6,10-11,15-16H,7-9,14H2,1-2H3. The fourth-order valence-corrected chi connectivity index (χ4v) is 2.89. The molecule has 1 aromatic carbocycles. The van der Waals surface area contributed by atoms with Gasteiger partial charge < -0.3 is 15.6 Å². The van der Waals surface area contributed by atoms with Crippen LogP contribution in [0.5, 0.6) is 5.75 Å². The molecule has 0 spiro atoms. The topological polar surface area (TPSA) is 102 Å². The summed E-state index contributed by atoms with van der Waals surface area (Å²) in [6.45, 7) is 3.39. The van der Waals surface area contributed by atoms with Crippen LogP contribution in [0.4, 0.5) is 5.69 Å². The molecule has 0 aliphatic heterocycles. The zero-order valence-electron chi connectivity index (χ0n) is 11.7. The first kappa shape index (κ1) is 16.7. The zero-order valence-corrected chi connectivity index (χ0v) is 12.6. The molecule has 0 saturated carbocycles. The molecule has 2 unspecified atom stereocenters. The molecule has 2 atom stereocenters. The highest BCUT2D eigenvalue weighted by Crippen LogP contribution is 2.12. The fraction of sp³-hybridized carbons (Fsp3) is 0.538. The molecule has 114 valence electrons. The van der Waals surface area contributed by atoms with Crippen molar-refractivity contribution < 1.29 is 18.3 Å². The van der Waals surface area contributed by atoms with E-state index in [9.17, 15) is 13.5 Å². The van der Waals surface area contributed by atoms with Gasteiger partial charge in [-0.3, -0.25) is 0 Å². The second-order valence-corrected chi connectivity index (χ2v) is 6.71. The highest BCUT2D eigenvalue weighted by Gasteiger charge is 2.15. The molecule has 0 fully saturated rings. The molecule has 0 aromatic heterocycles. The van der Waals surface area contributed by atoms with E-state index < -0.39 is 16.1 Å². The van der Waals surface area contributed by atoms with Gasteiger partial charge in [-0.2, -0.15) is 0 Å². The van der Waals surface area contributed by atoms with Crippen LogP contribution in [0.2, 0.25) is 0 Å². The summed E-state index contributed by atoms with van der Waals surface area (Å²) >= 11 is 0. The number of rotatable bonds is 8. The molecule has 4 N–H and O–H groups in total. The highest BCUT2D eigenvalue weighted by molar-refractivity contribution is 7.89. The number of nitrogens with two attached hydrogens (primary N) is 1. The molecule has 7 heteroatoms. The van der Waals surface area contributed by atoms with Gasteiger partial charge in [-0.05, 0) is 44.5 Å². The molecular formula is C13H22N2O4S. The number of hydrogen-bond acceptors (Lipinski definition) is 5. The molecule has 1 rings (SSSR count). The van der Waals surface area contributed by atoms with Gasteiger partial charge >= 0.3 is 0 Å². The number of ether oxygens (including phenoxy) is 1. The number of aliphatic hydroxyl groups is 1. The monoisotopic (exact) mass is 302 g/mol. The molecule has 0 aliphatic carbocycles. The van der Waals surface area contributed by atoms with Crippen molar-refractivity contribution in [1.29, 1.82) is 0 Å². The summed E-state index contributed by atoms with van der Waals surface area (Å²) in [5.41, 5.74) is 6.16. The maximum Gasteiger partial charge on any atom is 0.215 e. The number of nitrogens with one attached hydrogen (secondary N) is 1. The third-order valence-electron chi connectivity index (χ3n) is 2.58. The van der Waals surface area contributed by atoms with Crippen LogP contribution in [-0.2, 0) is 10.0 Å². The van der Waals surface area contributed by atoms with Gasteiger partial charge in [0.05, 0.1) is 11.9 Å². The Hall–Kier alpha value is -1.31. The molecule has 0 saturated heterocycles. The van der Waals surface area contributed by atoms with E-state index in [1.807, 2.05) is 0 Å². The minimum atomic E-state index is -3.42. The van der Waals surface area contributed by atoms with E-state index in [1.165, 1.54) is 0 Å². The van der Waals surface area contributed by atoms with Crippen LogP contribution in [0.25, 0.3) is 0 Å². The van der Waals surface area contributed by atoms with E-state index in [1.54, 1.807) is 38.1 Å². The summed E-state index contributed by atoms with van der Waals surface area (Å²) in [6, 6.07) is 6.44. The first-order valence-electron chi connectivity index (χ1n) is 6.45. The number of aliphatic hydroxyl groups excluding tert-OH is 1. The zero-order chi connectivity index (χ0) is 15.2. The number of sulfonamides is 1. The molecule has 6 nitrogen and oxygen atoms in total. The maximum atomic E-state index is 11.8. The fourth-order valence-electron chi connectivity index (χ4n) is 1.76. The summed E-state index contributed by atoms with van der Waals surface area (Å²) in [7, 11) is -3.42. The van der Waals surface area contributed by atoms with E-state index in [0.717, 1.165) is 0 Å². The normalized spacial score (nSPS) is 14.8. The van der Waals surface area contributed by atoms with Crippen LogP contribution < -0.4 is 15.2 Å². The SMILES string of the molecule is CC(O)CC(C)NS(=O)(=O)CCOc1ccc(N)cc1. The Morgan fingerprint density at radius 3 is 2.45 bits per heavy atom. The molecule has 0 bridgehead atoms. The van der Waals surface area contributed by atoms with Crippen molar-refractivity contribution in [3.63, 3.8) is 0 Å². The van der Waals surface area contributed by atoms with E-state index in [2.05, 4.69) is 4.72 Å². The van der Waals surface area contributed by atoms with Crippen molar-refractivity contribution in [1.82, 2.24) is 4.72 Å². The Morgan fingerprint density at radius 1 is 1.30 bits per heavy atom. The molecule has 0 amide bonds. The van der Waals surface area contributed by atoms with Gasteiger partial charge in [0.2, 0.25) is 10.0 Å². The van der Waals surface area contributed by atoms with Crippen LogP contribution in [-0.4, -0.2) is 38.0 Å². The van der Waals surface area contributed by atoms with Gasteiger partial charge in [0, 0.05) is 11.7 Å². The third kappa shape index (κ3) is 6.74. The Morgan fingerprint density at radius 2 is 1.90 bits per heavy atom. The van der Waals surface area contributed by atoms with Crippen LogP contribution >= 0.6 is 0 Å². The number of hydrogen-bond donors (Lipinski definition) is 3. The predicted molar refractivity (Wildman–Crippen MR) is 79.0 cm³/mol. The second kappa shape index (κ2) is 7.47. The summed E-state index contributed by atoms with van der Waals surface area (Å²) < 4.78 is 31.4. The van der Waals surface area contributed by atoms with Gasteiger partial charge in [0.15, 0.2) is 0 Å². The van der Waals surface area contributed by atoms with Crippen LogP contribution in [0.3, 0.4) is 0 Å². The quantitative estimate of drug-likeness (QED) is 0.614. The number of benzene rings is 1. The Kier molecular flexibility index (Phi) is 6.25. The van der Waals surface area contributed by atoms with E-state index in [4.69, 9.17) is 10.5 Å². The van der Waals surface area contributed by atoms with Crippen LogP contribution in [0.15, 0.2) is 24.3 Å². The van der Waals surface area contributed by atoms with Crippen molar-refractivity contribution >= 4 is 15.7 Å². The lowest BCUT2D eigenvalue weighted by atomic mass is 10.2. The molecule has 0 heterocycles. The van der Waals surface area contributed by atoms with Crippen molar-refractivity contribution in [3.8, 4) is 5.75 Å². The second-order valence-electron chi connectivity index (χ2n) is 4.84. The molecule has 1 aromatic rings. The third-order valence-corrected chi connectivity index (χ3v) is 4.04. The summed E-state index contributed by atoms with van der Waals surface area (Å²) in [5, 5.41) is 9.20. The highest BCUT2D eigenvalue weighted by atomic mass is 32.2. The minimum absolute atomic E-state index is 0.0562. The first-order chi connectivity index (χ1) is 9.28. The van der Waals surface area contributed by atoms with Crippen molar-refractivity contribution in [2.75, 3.05) is 18.1 Å². The first-order valence-corrected chi connectivity index (χ1v) is 8.10. The lowest BCUT2D eigenvalue weighted by Crippen LogP contribution is -2.37. The van der Waals surface area contributed by atoms with Crippen molar-refractivity contribution in [3.05, 3.63) is 24.3 Å².